The van der Waals surface area contributed by atoms with Crippen LogP contribution in [0, 0.1) is 0 Å². The minimum Gasteiger partial charge on any atom is -0.508 e. The van der Waals surface area contributed by atoms with Gasteiger partial charge in [0, 0.05) is 17.7 Å². The van der Waals surface area contributed by atoms with Crippen molar-refractivity contribution in [3.05, 3.63) is 40.6 Å². The van der Waals surface area contributed by atoms with Gasteiger partial charge in [-0.15, -0.1) is 0 Å². The number of hydrogen-bond donors (Lipinski definition) is 13. The molecule has 298 valence electrons. The number of phenolic OH excluding ortho intramolecular Hbond substituents is 4. The molecule has 54 heavy (non-hydrogen) atoms. The van der Waals surface area contributed by atoms with Gasteiger partial charge < -0.3 is 99.2 Å². The Labute approximate surface area is 303 Å². The molecule has 1 aromatic heterocycles. The third-order valence-corrected chi connectivity index (χ3v) is 9.41. The van der Waals surface area contributed by atoms with Crippen molar-refractivity contribution >= 4 is 11.0 Å². The molecule has 0 aliphatic carbocycles. The molecule has 4 heterocycles. The zero-order valence-corrected chi connectivity index (χ0v) is 28.0. The van der Waals surface area contributed by atoms with Crippen LogP contribution >= 0.6 is 0 Å². The Morgan fingerprint density at radius 3 is 2.00 bits per heavy atom. The van der Waals surface area contributed by atoms with Crippen molar-refractivity contribution in [1.82, 2.24) is 0 Å². The Kier molecular flexibility index (Phi) is 11.5. The molecule has 3 fully saturated rings. The Morgan fingerprint density at radius 1 is 0.667 bits per heavy atom. The summed E-state index contributed by atoms with van der Waals surface area (Å²) in [6.45, 7) is -0.209. The highest BCUT2D eigenvalue weighted by Gasteiger charge is 2.52. The van der Waals surface area contributed by atoms with Crippen LogP contribution in [0.25, 0.3) is 22.3 Å². The van der Waals surface area contributed by atoms with Gasteiger partial charge in [0.1, 0.15) is 83.5 Å². The Morgan fingerprint density at radius 2 is 1.31 bits per heavy atom. The third-order valence-electron chi connectivity index (χ3n) is 9.41. The van der Waals surface area contributed by atoms with E-state index >= 15 is 0 Å². The first-order valence-corrected chi connectivity index (χ1v) is 16.5. The first-order valence-electron chi connectivity index (χ1n) is 16.5. The van der Waals surface area contributed by atoms with E-state index in [0.717, 1.165) is 24.3 Å². The molecular formula is C33H40O21. The van der Waals surface area contributed by atoms with Gasteiger partial charge in [0.15, 0.2) is 35.9 Å². The lowest BCUT2D eigenvalue weighted by atomic mass is 9.97. The van der Waals surface area contributed by atoms with Gasteiger partial charge in [0.05, 0.1) is 19.3 Å². The first kappa shape index (κ1) is 39.8. The fraction of sp³-hybridized carbons (Fsp3) is 0.545. The van der Waals surface area contributed by atoms with Crippen molar-refractivity contribution in [2.24, 2.45) is 0 Å². The van der Waals surface area contributed by atoms with E-state index < -0.39 is 151 Å². The molecule has 6 rings (SSSR count). The largest absolute Gasteiger partial charge is 0.508 e. The number of ether oxygens (including phenoxy) is 6. The van der Waals surface area contributed by atoms with Gasteiger partial charge in [-0.3, -0.25) is 4.79 Å². The lowest BCUT2D eigenvalue weighted by Gasteiger charge is -2.46. The summed E-state index contributed by atoms with van der Waals surface area (Å²) in [4.78, 5) is 14.1. The average molecular weight is 773 g/mol. The van der Waals surface area contributed by atoms with Gasteiger partial charge in [-0.1, -0.05) is 0 Å². The van der Waals surface area contributed by atoms with E-state index in [0.29, 0.717) is 0 Å². The second kappa shape index (κ2) is 15.7. The number of aliphatic hydroxyl groups is 9. The maximum Gasteiger partial charge on any atom is 0.239 e. The van der Waals surface area contributed by atoms with E-state index in [-0.39, 0.29) is 11.1 Å². The van der Waals surface area contributed by atoms with Crippen LogP contribution in [0.15, 0.2) is 39.5 Å². The van der Waals surface area contributed by atoms with Crippen molar-refractivity contribution in [1.29, 1.82) is 0 Å². The molecule has 0 radical (unpaired) electrons. The summed E-state index contributed by atoms with van der Waals surface area (Å²) in [5.41, 5.74) is -1.62. The number of fused-ring (bicyclic) bond motifs is 1. The van der Waals surface area contributed by atoms with Gasteiger partial charge >= 0.3 is 0 Å². The zero-order chi connectivity index (χ0) is 39.3. The molecule has 13 N–H and O–H groups in total. The summed E-state index contributed by atoms with van der Waals surface area (Å²) >= 11 is 0. The molecule has 3 aliphatic rings. The van der Waals surface area contributed by atoms with E-state index in [4.69, 9.17) is 32.8 Å². The maximum absolute atomic E-state index is 14.1. The van der Waals surface area contributed by atoms with Crippen molar-refractivity contribution in [2.75, 3.05) is 13.2 Å². The summed E-state index contributed by atoms with van der Waals surface area (Å²) < 4.78 is 39.8. The topological polar surface area (TPSA) is 349 Å². The molecule has 0 unspecified atom stereocenters. The standard InChI is InChI=1S/C33H40O21/c1-9-19(39)23(43)26(46)31(49-9)48-8-17-21(41)25(45)30(54-32-27(47)24(44)20(40)16(7-34)51-32)33(52-17)53-29-22(42)18-14(38)5-11(35)6-15(18)50-28(29)10-2-3-12(36)13(37)4-10/h2-6,9,16-17,19-21,23-27,30-41,43-47H,7-8H2,1H3/t9-,16+,17+,19-,20+,21-,23+,24-,25-,26+,27+,30+,31+,32-,33-/m0/s1. The van der Waals surface area contributed by atoms with Crippen LogP contribution in [0.1, 0.15) is 6.92 Å². The minimum atomic E-state index is -2.10. The second-order valence-electron chi connectivity index (χ2n) is 13.1. The predicted octanol–water partition coefficient (Wildman–Crippen LogP) is -3.86. The van der Waals surface area contributed by atoms with Gasteiger partial charge in [0.25, 0.3) is 0 Å². The SMILES string of the molecule is C[C@@H]1O[C@@H](OC[C@H]2O[C@@H](Oc3c(-c4ccc(O)c(O)c4)oc4cc(O)cc(O)c4c3=O)[C@H](O[C@@H]3O[C@H](CO)[C@@H](O)[C@H](O)[C@H]3O)[C@@H](O)[C@H]2O)[C@H](O)[C@H](O)[C@H]1O. The molecule has 0 amide bonds. The number of rotatable bonds is 9. The van der Waals surface area contributed by atoms with Gasteiger partial charge in [-0.05, 0) is 25.1 Å². The van der Waals surface area contributed by atoms with Crippen molar-refractivity contribution in [3.63, 3.8) is 0 Å². The smallest absolute Gasteiger partial charge is 0.239 e. The number of phenols is 4. The van der Waals surface area contributed by atoms with Crippen molar-refractivity contribution in [2.45, 2.75) is 99.0 Å². The fourth-order valence-electron chi connectivity index (χ4n) is 6.30. The van der Waals surface area contributed by atoms with Crippen LogP contribution in [0.4, 0.5) is 0 Å². The summed E-state index contributed by atoms with van der Waals surface area (Å²) in [6.07, 6.45) is -26.6. The zero-order valence-electron chi connectivity index (χ0n) is 28.0. The highest BCUT2D eigenvalue weighted by molar-refractivity contribution is 5.88. The van der Waals surface area contributed by atoms with Crippen LogP contribution in [-0.4, -0.2) is 172 Å². The van der Waals surface area contributed by atoms with Crippen LogP contribution < -0.4 is 10.2 Å². The highest BCUT2D eigenvalue weighted by Crippen LogP contribution is 2.40. The molecule has 3 aromatic rings. The summed E-state index contributed by atoms with van der Waals surface area (Å²) in [7, 11) is 0. The van der Waals surface area contributed by atoms with E-state index in [1.54, 1.807) is 0 Å². The van der Waals surface area contributed by atoms with E-state index in [2.05, 4.69) is 0 Å². The Balaban J connectivity index is 1.40. The molecule has 0 bridgehead atoms. The average Bonchev–Trinajstić information content (AvgIpc) is 3.13. The molecule has 21 heteroatoms. The van der Waals surface area contributed by atoms with Crippen LogP contribution in [-0.2, 0) is 23.7 Å². The molecule has 21 nitrogen and oxygen atoms in total. The molecule has 15 atom stereocenters. The number of aromatic hydroxyl groups is 4. The second-order valence-corrected chi connectivity index (χ2v) is 13.1. The maximum atomic E-state index is 14.1. The summed E-state index contributed by atoms with van der Waals surface area (Å²) in [5.74, 6) is -3.82. The molecule has 3 saturated heterocycles. The quantitative estimate of drug-likeness (QED) is 0.0925. The third kappa shape index (κ3) is 7.39. The highest BCUT2D eigenvalue weighted by atomic mass is 16.8. The van der Waals surface area contributed by atoms with Crippen molar-refractivity contribution < 1.29 is 99.2 Å². The molecule has 2 aromatic carbocycles. The summed E-state index contributed by atoms with van der Waals surface area (Å²) in [5, 5.41) is 135. The number of hydrogen-bond acceptors (Lipinski definition) is 21. The lowest BCUT2D eigenvalue weighted by molar-refractivity contribution is -0.362. The van der Waals surface area contributed by atoms with E-state index in [9.17, 15) is 71.2 Å². The van der Waals surface area contributed by atoms with Crippen LogP contribution in [0.3, 0.4) is 0 Å². The number of benzene rings is 2. The Hall–Kier alpha value is -3.91. The van der Waals surface area contributed by atoms with Gasteiger partial charge in [-0.25, -0.2) is 0 Å². The first-order chi connectivity index (χ1) is 25.5. The van der Waals surface area contributed by atoms with Gasteiger partial charge in [-0.2, -0.15) is 0 Å². The fourth-order valence-corrected chi connectivity index (χ4v) is 6.30. The monoisotopic (exact) mass is 772 g/mol. The molecule has 0 saturated carbocycles. The van der Waals surface area contributed by atoms with Crippen LogP contribution in [0.2, 0.25) is 0 Å². The number of aliphatic hydroxyl groups excluding tert-OH is 9. The Bertz CT molecular complexity index is 1850. The van der Waals surface area contributed by atoms with E-state index in [1.165, 1.54) is 13.0 Å². The summed E-state index contributed by atoms with van der Waals surface area (Å²) in [6, 6.07) is 5.00. The minimum absolute atomic E-state index is 0.122. The lowest BCUT2D eigenvalue weighted by Crippen LogP contribution is -2.65. The predicted molar refractivity (Wildman–Crippen MR) is 173 cm³/mol. The molecule has 3 aliphatic heterocycles. The van der Waals surface area contributed by atoms with Crippen molar-refractivity contribution in [3.8, 4) is 40.1 Å². The van der Waals surface area contributed by atoms with Gasteiger partial charge in [0.2, 0.25) is 17.5 Å². The van der Waals surface area contributed by atoms with E-state index in [1.807, 2.05) is 0 Å². The normalized spacial score (nSPS) is 37.3. The molecule has 0 spiro atoms. The molecular weight excluding hydrogens is 732 g/mol. The van der Waals surface area contributed by atoms with Crippen LogP contribution in [0.5, 0.6) is 28.7 Å².